The van der Waals surface area contributed by atoms with Crippen LogP contribution in [-0.2, 0) is 4.74 Å². The lowest BCUT2D eigenvalue weighted by molar-refractivity contribution is 0.0475. The van der Waals surface area contributed by atoms with Crippen LogP contribution in [0.2, 0.25) is 0 Å². The standard InChI is InChI=1S/C6H8N2O3S/c1-3-10-5(9)4-7-8-6(11-4)12-2/h3H2,1-2H3. The molecule has 0 aliphatic heterocycles. The van der Waals surface area contributed by atoms with Crippen LogP contribution >= 0.6 is 11.8 Å². The van der Waals surface area contributed by atoms with Crippen LogP contribution in [0.3, 0.4) is 0 Å². The maximum atomic E-state index is 10.9. The van der Waals surface area contributed by atoms with Gasteiger partial charge >= 0.3 is 11.9 Å². The first-order chi connectivity index (χ1) is 5.77. The van der Waals surface area contributed by atoms with Crippen LogP contribution < -0.4 is 0 Å². The van der Waals surface area contributed by atoms with Crippen molar-refractivity contribution in [2.24, 2.45) is 0 Å². The maximum absolute atomic E-state index is 10.9. The Balaban J connectivity index is 2.68. The number of rotatable bonds is 3. The quantitative estimate of drug-likeness (QED) is 0.520. The number of thioether (sulfide) groups is 1. The molecule has 1 aromatic rings. The minimum absolute atomic E-state index is 0.0961. The minimum atomic E-state index is -0.578. The van der Waals surface area contributed by atoms with Crippen LogP contribution in [0.5, 0.6) is 0 Å². The Morgan fingerprint density at radius 2 is 2.42 bits per heavy atom. The summed E-state index contributed by atoms with van der Waals surface area (Å²) in [6.07, 6.45) is 1.78. The van der Waals surface area contributed by atoms with Gasteiger partial charge in [-0.25, -0.2) is 4.79 Å². The average molecular weight is 188 g/mol. The van der Waals surface area contributed by atoms with Gasteiger partial charge in [0.1, 0.15) is 0 Å². The normalized spacial score (nSPS) is 9.83. The molecule has 0 aromatic carbocycles. The lowest BCUT2D eigenvalue weighted by atomic mass is 10.7. The number of esters is 1. The Morgan fingerprint density at radius 1 is 1.67 bits per heavy atom. The number of aromatic nitrogens is 2. The predicted octanol–water partition coefficient (Wildman–Crippen LogP) is 0.968. The number of carbonyl (C=O) groups is 1. The van der Waals surface area contributed by atoms with Crippen molar-refractivity contribution < 1.29 is 13.9 Å². The highest BCUT2D eigenvalue weighted by atomic mass is 32.2. The molecule has 0 saturated carbocycles. The summed E-state index contributed by atoms with van der Waals surface area (Å²) in [5, 5.41) is 7.44. The molecule has 5 nitrogen and oxygen atoms in total. The summed E-state index contributed by atoms with van der Waals surface area (Å²) in [5.41, 5.74) is 0. The molecule has 66 valence electrons. The molecule has 0 saturated heterocycles. The molecule has 0 radical (unpaired) electrons. The molecule has 0 unspecified atom stereocenters. The molecule has 0 aliphatic carbocycles. The molecule has 1 rings (SSSR count). The Morgan fingerprint density at radius 3 is 2.92 bits per heavy atom. The van der Waals surface area contributed by atoms with Crippen LogP contribution in [0.4, 0.5) is 0 Å². The van der Waals surface area contributed by atoms with Crippen molar-refractivity contribution >= 4 is 17.7 Å². The van der Waals surface area contributed by atoms with Gasteiger partial charge in [0.05, 0.1) is 6.61 Å². The number of hydrogen-bond acceptors (Lipinski definition) is 6. The first-order valence-electron chi connectivity index (χ1n) is 3.32. The van der Waals surface area contributed by atoms with Crippen molar-refractivity contribution in [3.05, 3.63) is 5.89 Å². The van der Waals surface area contributed by atoms with Gasteiger partial charge in [0.25, 0.3) is 5.22 Å². The highest BCUT2D eigenvalue weighted by Crippen LogP contribution is 2.11. The molecule has 0 fully saturated rings. The van der Waals surface area contributed by atoms with Crippen LogP contribution in [-0.4, -0.2) is 29.0 Å². The minimum Gasteiger partial charge on any atom is -0.459 e. The first-order valence-corrected chi connectivity index (χ1v) is 4.55. The van der Waals surface area contributed by atoms with Crippen molar-refractivity contribution in [2.45, 2.75) is 12.1 Å². The summed E-state index contributed by atoms with van der Waals surface area (Å²) in [6, 6.07) is 0. The maximum Gasteiger partial charge on any atom is 0.396 e. The van der Waals surface area contributed by atoms with E-state index in [-0.39, 0.29) is 5.89 Å². The Hall–Kier alpha value is -1.04. The van der Waals surface area contributed by atoms with E-state index in [4.69, 9.17) is 4.42 Å². The third kappa shape index (κ3) is 1.97. The summed E-state index contributed by atoms with van der Waals surface area (Å²) in [4.78, 5) is 10.9. The van der Waals surface area contributed by atoms with Crippen molar-refractivity contribution in [3.8, 4) is 0 Å². The number of carbonyl (C=O) groups excluding carboxylic acids is 1. The highest BCUT2D eigenvalue weighted by Gasteiger charge is 2.14. The lowest BCUT2D eigenvalue weighted by Crippen LogP contribution is -2.04. The summed E-state index contributed by atoms with van der Waals surface area (Å²) in [5.74, 6) is -0.675. The van der Waals surface area contributed by atoms with Gasteiger partial charge in [-0.2, -0.15) is 0 Å². The number of hydrogen-bond donors (Lipinski definition) is 0. The zero-order valence-corrected chi connectivity index (χ0v) is 7.55. The van der Waals surface area contributed by atoms with Gasteiger partial charge in [0.2, 0.25) is 0 Å². The van der Waals surface area contributed by atoms with Gasteiger partial charge in [-0.15, -0.1) is 5.10 Å². The third-order valence-electron chi connectivity index (χ3n) is 1.03. The monoisotopic (exact) mass is 188 g/mol. The van der Waals surface area contributed by atoms with E-state index >= 15 is 0 Å². The molecule has 1 heterocycles. The smallest absolute Gasteiger partial charge is 0.396 e. The van der Waals surface area contributed by atoms with Gasteiger partial charge < -0.3 is 9.15 Å². The highest BCUT2D eigenvalue weighted by molar-refractivity contribution is 7.98. The van der Waals surface area contributed by atoms with Crippen LogP contribution in [0.15, 0.2) is 9.64 Å². The second-order valence-electron chi connectivity index (χ2n) is 1.80. The van der Waals surface area contributed by atoms with E-state index in [1.165, 1.54) is 11.8 Å². The topological polar surface area (TPSA) is 65.2 Å². The molecular weight excluding hydrogens is 180 g/mol. The van der Waals surface area contributed by atoms with Gasteiger partial charge in [-0.1, -0.05) is 16.9 Å². The fourth-order valence-electron chi connectivity index (χ4n) is 0.568. The van der Waals surface area contributed by atoms with Crippen molar-refractivity contribution in [3.63, 3.8) is 0 Å². The summed E-state index contributed by atoms with van der Waals surface area (Å²) >= 11 is 1.28. The van der Waals surface area contributed by atoms with Crippen molar-refractivity contribution in [1.82, 2.24) is 10.2 Å². The predicted molar refractivity (Wildman–Crippen MR) is 42.0 cm³/mol. The molecule has 0 aliphatic rings. The lowest BCUT2D eigenvalue weighted by Gasteiger charge is -1.93. The fourth-order valence-corrected chi connectivity index (χ4v) is 0.852. The van der Waals surface area contributed by atoms with Crippen LogP contribution in [0, 0.1) is 0 Å². The van der Waals surface area contributed by atoms with Gasteiger partial charge in [-0.3, -0.25) is 0 Å². The second kappa shape index (κ2) is 4.10. The second-order valence-corrected chi connectivity index (χ2v) is 2.56. The van der Waals surface area contributed by atoms with Gasteiger partial charge in [0, 0.05) is 0 Å². The van der Waals surface area contributed by atoms with Crippen LogP contribution in [0.1, 0.15) is 17.6 Å². The van der Waals surface area contributed by atoms with E-state index < -0.39 is 5.97 Å². The molecule has 0 N–H and O–H groups in total. The SMILES string of the molecule is CCOC(=O)c1nnc(SC)o1. The van der Waals surface area contributed by atoms with Gasteiger partial charge in [0.15, 0.2) is 0 Å². The summed E-state index contributed by atoms with van der Waals surface area (Å²) < 4.78 is 9.55. The summed E-state index contributed by atoms with van der Waals surface area (Å²) in [7, 11) is 0. The number of ether oxygens (including phenoxy) is 1. The van der Waals surface area contributed by atoms with Gasteiger partial charge in [-0.05, 0) is 13.2 Å². The molecule has 0 spiro atoms. The molecule has 12 heavy (non-hydrogen) atoms. The van der Waals surface area contributed by atoms with E-state index in [1.54, 1.807) is 13.2 Å². The largest absolute Gasteiger partial charge is 0.459 e. The average Bonchev–Trinajstić information content (AvgIpc) is 2.52. The molecular formula is C6H8N2O3S. The van der Waals surface area contributed by atoms with Crippen LogP contribution in [0.25, 0.3) is 0 Å². The zero-order valence-electron chi connectivity index (χ0n) is 6.73. The third-order valence-corrected chi connectivity index (χ3v) is 1.55. The molecule has 0 atom stereocenters. The molecule has 0 bridgehead atoms. The van der Waals surface area contributed by atoms with E-state index in [1.807, 2.05) is 0 Å². The van der Waals surface area contributed by atoms with Crippen molar-refractivity contribution in [2.75, 3.05) is 12.9 Å². The van der Waals surface area contributed by atoms with Crippen molar-refractivity contribution in [1.29, 1.82) is 0 Å². The molecule has 1 aromatic heterocycles. The Bertz CT molecular complexity index is 274. The fraction of sp³-hybridized carbons (Fsp3) is 0.500. The first kappa shape index (κ1) is 9.05. The van der Waals surface area contributed by atoms with E-state index in [0.717, 1.165) is 0 Å². The van der Waals surface area contributed by atoms with E-state index in [0.29, 0.717) is 11.8 Å². The number of nitrogens with zero attached hydrogens (tertiary/aromatic N) is 2. The molecule has 0 amide bonds. The Kier molecular flexibility index (Phi) is 3.09. The zero-order chi connectivity index (χ0) is 8.97. The Labute approximate surface area is 73.5 Å². The molecule has 6 heteroatoms. The summed E-state index contributed by atoms with van der Waals surface area (Å²) in [6.45, 7) is 2.01. The van der Waals surface area contributed by atoms with E-state index in [9.17, 15) is 4.79 Å². The van der Waals surface area contributed by atoms with E-state index in [2.05, 4.69) is 14.9 Å².